The molecule has 0 unspecified atom stereocenters. The van der Waals surface area contributed by atoms with Crippen LogP contribution in [0.1, 0.15) is 28.5 Å². The van der Waals surface area contributed by atoms with Gasteiger partial charge in [-0.05, 0) is 56.2 Å². The molecule has 2 aromatic heterocycles. The first kappa shape index (κ1) is 17.5. The van der Waals surface area contributed by atoms with E-state index in [9.17, 15) is 4.79 Å². The SMILES string of the molecule is CCOc1ccc(-c2csc3nc(-c4ccc(C)cc4C)c(C=O)n23)cc1. The lowest BCUT2D eigenvalue weighted by molar-refractivity contribution is 0.111. The Labute approximate surface area is 162 Å². The van der Waals surface area contributed by atoms with Crippen LogP contribution in [0.2, 0.25) is 0 Å². The van der Waals surface area contributed by atoms with E-state index in [4.69, 9.17) is 9.72 Å². The first-order valence-electron chi connectivity index (χ1n) is 8.88. The zero-order chi connectivity index (χ0) is 19.0. The highest BCUT2D eigenvalue weighted by Gasteiger charge is 2.19. The number of benzene rings is 2. The molecule has 0 spiro atoms. The Kier molecular flexibility index (Phi) is 4.54. The van der Waals surface area contributed by atoms with Crippen molar-refractivity contribution in [3.8, 4) is 28.3 Å². The Morgan fingerprint density at radius 2 is 1.93 bits per heavy atom. The molecule has 0 aliphatic heterocycles. The third-order valence-corrected chi connectivity index (χ3v) is 5.43. The van der Waals surface area contributed by atoms with Crippen molar-refractivity contribution >= 4 is 22.6 Å². The Hall–Kier alpha value is -2.92. The topological polar surface area (TPSA) is 43.6 Å². The van der Waals surface area contributed by atoms with Crippen molar-refractivity contribution in [3.63, 3.8) is 0 Å². The molecular formula is C22H20N2O2S. The molecule has 0 saturated heterocycles. The summed E-state index contributed by atoms with van der Waals surface area (Å²) in [5.41, 5.74) is 6.62. The van der Waals surface area contributed by atoms with Crippen molar-refractivity contribution in [3.05, 3.63) is 64.7 Å². The van der Waals surface area contributed by atoms with Gasteiger partial charge in [-0.2, -0.15) is 0 Å². The lowest BCUT2D eigenvalue weighted by Gasteiger charge is -2.07. The average molecular weight is 376 g/mol. The highest BCUT2D eigenvalue weighted by atomic mass is 32.1. The Bertz CT molecular complexity index is 1120. The summed E-state index contributed by atoms with van der Waals surface area (Å²) >= 11 is 1.54. The summed E-state index contributed by atoms with van der Waals surface area (Å²) in [5.74, 6) is 0.838. The van der Waals surface area contributed by atoms with Gasteiger partial charge in [0.05, 0.1) is 12.3 Å². The second kappa shape index (κ2) is 7.00. The molecule has 27 heavy (non-hydrogen) atoms. The number of imidazole rings is 1. The maximum absolute atomic E-state index is 12.0. The Morgan fingerprint density at radius 3 is 2.59 bits per heavy atom. The maximum Gasteiger partial charge on any atom is 0.195 e. The fourth-order valence-electron chi connectivity index (χ4n) is 3.36. The van der Waals surface area contributed by atoms with Crippen molar-refractivity contribution in [1.82, 2.24) is 9.38 Å². The van der Waals surface area contributed by atoms with Crippen LogP contribution in [0.15, 0.2) is 47.8 Å². The number of aromatic nitrogens is 2. The van der Waals surface area contributed by atoms with Crippen molar-refractivity contribution in [1.29, 1.82) is 0 Å². The second-order valence-corrected chi connectivity index (χ2v) is 7.31. The lowest BCUT2D eigenvalue weighted by Crippen LogP contribution is -1.96. The van der Waals surface area contributed by atoms with Gasteiger partial charge in [-0.1, -0.05) is 23.8 Å². The van der Waals surface area contributed by atoms with Crippen LogP contribution in [0, 0.1) is 13.8 Å². The number of aryl methyl sites for hydroxylation is 2. The van der Waals surface area contributed by atoms with Gasteiger partial charge in [-0.25, -0.2) is 4.98 Å². The normalized spacial score (nSPS) is 11.1. The minimum absolute atomic E-state index is 0.585. The van der Waals surface area contributed by atoms with Crippen molar-refractivity contribution < 1.29 is 9.53 Å². The van der Waals surface area contributed by atoms with Gasteiger partial charge in [0.1, 0.15) is 17.1 Å². The van der Waals surface area contributed by atoms with E-state index >= 15 is 0 Å². The third-order valence-electron chi connectivity index (χ3n) is 4.61. The second-order valence-electron chi connectivity index (χ2n) is 6.48. The summed E-state index contributed by atoms with van der Waals surface area (Å²) in [7, 11) is 0. The van der Waals surface area contributed by atoms with Crippen molar-refractivity contribution in [2.24, 2.45) is 0 Å². The number of hydrogen-bond donors (Lipinski definition) is 0. The molecule has 4 nitrogen and oxygen atoms in total. The fraction of sp³-hybridized carbons (Fsp3) is 0.182. The number of carbonyl (C=O) groups is 1. The summed E-state index contributed by atoms with van der Waals surface area (Å²) in [5, 5.41) is 2.04. The van der Waals surface area contributed by atoms with Gasteiger partial charge in [-0.15, -0.1) is 11.3 Å². The Morgan fingerprint density at radius 1 is 1.15 bits per heavy atom. The minimum Gasteiger partial charge on any atom is -0.494 e. The fourth-order valence-corrected chi connectivity index (χ4v) is 4.26. The average Bonchev–Trinajstić information content (AvgIpc) is 3.21. The smallest absolute Gasteiger partial charge is 0.195 e. The molecule has 2 heterocycles. The van der Waals surface area contributed by atoms with Crippen molar-refractivity contribution in [2.75, 3.05) is 6.61 Å². The van der Waals surface area contributed by atoms with Gasteiger partial charge in [0, 0.05) is 10.9 Å². The highest BCUT2D eigenvalue weighted by Crippen LogP contribution is 2.34. The molecule has 0 N–H and O–H groups in total. The van der Waals surface area contributed by atoms with E-state index < -0.39 is 0 Å². The third kappa shape index (κ3) is 3.04. The number of aldehydes is 1. The molecule has 0 bridgehead atoms. The molecule has 2 aromatic carbocycles. The van der Waals surface area contributed by atoms with Crippen molar-refractivity contribution in [2.45, 2.75) is 20.8 Å². The van der Waals surface area contributed by atoms with E-state index in [0.29, 0.717) is 12.3 Å². The number of ether oxygens (including phenoxy) is 1. The molecule has 4 rings (SSSR count). The van der Waals surface area contributed by atoms with Crippen LogP contribution < -0.4 is 4.74 Å². The van der Waals surface area contributed by atoms with E-state index in [2.05, 4.69) is 26.0 Å². The maximum atomic E-state index is 12.0. The lowest BCUT2D eigenvalue weighted by atomic mass is 10.0. The van der Waals surface area contributed by atoms with E-state index in [1.54, 1.807) is 0 Å². The molecule has 0 saturated carbocycles. The van der Waals surface area contributed by atoms with Crippen LogP contribution in [0.4, 0.5) is 0 Å². The van der Waals surface area contributed by atoms with Crippen LogP contribution in [-0.4, -0.2) is 22.3 Å². The van der Waals surface area contributed by atoms with Gasteiger partial charge in [0.2, 0.25) is 0 Å². The predicted octanol–water partition coefficient (Wildman–Crippen LogP) is 5.56. The van der Waals surface area contributed by atoms with Gasteiger partial charge in [-0.3, -0.25) is 9.20 Å². The van der Waals surface area contributed by atoms with Crippen LogP contribution in [-0.2, 0) is 0 Å². The van der Waals surface area contributed by atoms with E-state index in [-0.39, 0.29) is 0 Å². The standard InChI is InChI=1S/C22H20N2O2S/c1-4-26-17-8-6-16(7-9-17)20-13-27-22-23-21(19(12-25)24(20)22)18-10-5-14(2)11-15(18)3/h5-13H,4H2,1-3H3. The van der Waals surface area contributed by atoms with Crippen LogP contribution in [0.3, 0.4) is 0 Å². The summed E-state index contributed by atoms with van der Waals surface area (Å²) in [6.07, 6.45) is 0.902. The van der Waals surface area contributed by atoms with E-state index in [0.717, 1.165) is 45.1 Å². The molecule has 0 radical (unpaired) electrons. The number of nitrogens with zero attached hydrogens (tertiary/aromatic N) is 2. The molecule has 5 heteroatoms. The summed E-state index contributed by atoms with van der Waals surface area (Å²) < 4.78 is 7.47. The Balaban J connectivity index is 1.87. The summed E-state index contributed by atoms with van der Waals surface area (Å²) in [6, 6.07) is 14.1. The van der Waals surface area contributed by atoms with Crippen LogP contribution in [0.5, 0.6) is 5.75 Å². The zero-order valence-corrected chi connectivity index (χ0v) is 16.3. The number of carbonyl (C=O) groups excluding carboxylic acids is 1. The molecule has 0 amide bonds. The molecule has 4 aromatic rings. The van der Waals surface area contributed by atoms with Gasteiger partial charge in [0.15, 0.2) is 11.2 Å². The molecule has 0 fully saturated rings. The summed E-state index contributed by atoms with van der Waals surface area (Å²) in [6.45, 7) is 6.72. The van der Waals surface area contributed by atoms with Crippen LogP contribution >= 0.6 is 11.3 Å². The van der Waals surface area contributed by atoms with E-state index in [1.807, 2.05) is 47.0 Å². The predicted molar refractivity (Wildman–Crippen MR) is 110 cm³/mol. The highest BCUT2D eigenvalue weighted by molar-refractivity contribution is 7.15. The van der Waals surface area contributed by atoms with Gasteiger partial charge < -0.3 is 4.74 Å². The first-order chi connectivity index (χ1) is 13.1. The monoisotopic (exact) mass is 376 g/mol. The molecular weight excluding hydrogens is 356 g/mol. The van der Waals surface area contributed by atoms with E-state index in [1.165, 1.54) is 16.9 Å². The number of fused-ring (bicyclic) bond motifs is 1. The van der Waals surface area contributed by atoms with Crippen LogP contribution in [0.25, 0.3) is 27.5 Å². The first-order valence-corrected chi connectivity index (χ1v) is 9.76. The number of hydrogen-bond acceptors (Lipinski definition) is 4. The molecule has 0 aliphatic rings. The molecule has 136 valence electrons. The number of thiazole rings is 1. The van der Waals surface area contributed by atoms with Gasteiger partial charge >= 0.3 is 0 Å². The minimum atomic E-state index is 0.585. The largest absolute Gasteiger partial charge is 0.494 e. The van der Waals surface area contributed by atoms with Gasteiger partial charge in [0.25, 0.3) is 0 Å². The molecule has 0 atom stereocenters. The molecule has 0 aliphatic carbocycles. The quantitative estimate of drug-likeness (QED) is 0.428. The summed E-state index contributed by atoms with van der Waals surface area (Å²) in [4.78, 5) is 17.6. The zero-order valence-electron chi connectivity index (χ0n) is 15.5. The number of rotatable bonds is 5.